The van der Waals surface area contributed by atoms with Crippen LogP contribution in [0.2, 0.25) is 0 Å². The highest BCUT2D eigenvalue weighted by Crippen LogP contribution is 2.16. The van der Waals surface area contributed by atoms with Crippen LogP contribution in [0.5, 0.6) is 0 Å². The normalized spacial score (nSPS) is 17.4. The molecule has 1 aromatic heterocycles. The number of benzene rings is 1. The smallest absolute Gasteiger partial charge is 0.315 e. The fourth-order valence-corrected chi connectivity index (χ4v) is 3.82. The van der Waals surface area contributed by atoms with Gasteiger partial charge in [-0.15, -0.1) is 0 Å². The molecular weight excluding hydrogens is 350 g/mol. The first-order valence-electron chi connectivity index (χ1n) is 10.4. The fourth-order valence-electron chi connectivity index (χ4n) is 3.82. The van der Waals surface area contributed by atoms with Crippen molar-refractivity contribution in [3.05, 3.63) is 53.6 Å². The second kappa shape index (κ2) is 10.3. The topological polar surface area (TPSA) is 62.2 Å². The number of imidazole rings is 1. The van der Waals surface area contributed by atoms with E-state index in [2.05, 4.69) is 44.1 Å². The number of carbonyl (C=O) groups is 1. The van der Waals surface area contributed by atoms with E-state index in [1.807, 2.05) is 31.5 Å². The number of hydrogen-bond donors (Lipinski definition) is 2. The van der Waals surface area contributed by atoms with Gasteiger partial charge in [0.15, 0.2) is 0 Å². The molecule has 1 fully saturated rings. The third kappa shape index (κ3) is 6.09. The van der Waals surface area contributed by atoms with Crippen LogP contribution in [0.15, 0.2) is 36.7 Å². The highest BCUT2D eigenvalue weighted by molar-refractivity contribution is 5.73. The van der Waals surface area contributed by atoms with Crippen LogP contribution in [-0.2, 0) is 13.1 Å². The summed E-state index contributed by atoms with van der Waals surface area (Å²) in [5.74, 6) is 1.00. The molecule has 2 amide bonds. The lowest BCUT2D eigenvalue weighted by Gasteiger charge is -2.33. The maximum atomic E-state index is 12.1. The highest BCUT2D eigenvalue weighted by Gasteiger charge is 2.17. The monoisotopic (exact) mass is 383 g/mol. The van der Waals surface area contributed by atoms with Crippen LogP contribution in [0.1, 0.15) is 49.6 Å². The maximum Gasteiger partial charge on any atom is 0.315 e. The number of aromatic nitrogens is 2. The largest absolute Gasteiger partial charge is 0.338 e. The quantitative estimate of drug-likeness (QED) is 0.688. The molecule has 1 aliphatic rings. The second-order valence-electron chi connectivity index (χ2n) is 7.77. The van der Waals surface area contributed by atoms with Crippen molar-refractivity contribution in [3.63, 3.8) is 0 Å². The zero-order chi connectivity index (χ0) is 19.8. The van der Waals surface area contributed by atoms with Gasteiger partial charge in [-0.1, -0.05) is 30.7 Å². The van der Waals surface area contributed by atoms with Crippen LogP contribution >= 0.6 is 0 Å². The van der Waals surface area contributed by atoms with E-state index in [9.17, 15) is 4.79 Å². The van der Waals surface area contributed by atoms with Crippen molar-refractivity contribution in [2.75, 3.05) is 19.6 Å². The predicted octanol–water partition coefficient (Wildman–Crippen LogP) is 3.30. The van der Waals surface area contributed by atoms with Gasteiger partial charge in [-0.25, -0.2) is 9.78 Å². The van der Waals surface area contributed by atoms with E-state index >= 15 is 0 Å². The van der Waals surface area contributed by atoms with Crippen molar-refractivity contribution in [1.29, 1.82) is 0 Å². The fraction of sp³-hybridized carbons (Fsp3) is 0.545. The first-order chi connectivity index (χ1) is 13.6. The summed E-state index contributed by atoms with van der Waals surface area (Å²) < 4.78 is 2.11. The molecule has 1 saturated heterocycles. The number of aryl methyl sites for hydroxylation is 1. The average Bonchev–Trinajstić information content (AvgIpc) is 3.10. The molecule has 0 spiro atoms. The first-order valence-corrected chi connectivity index (χ1v) is 10.4. The molecule has 1 atom stereocenters. The van der Waals surface area contributed by atoms with Gasteiger partial charge in [0, 0.05) is 44.6 Å². The van der Waals surface area contributed by atoms with Crippen LogP contribution in [0, 0.1) is 6.92 Å². The number of carbonyl (C=O) groups excluding carboxylic acids is 1. The van der Waals surface area contributed by atoms with Crippen LogP contribution in [0.25, 0.3) is 0 Å². The van der Waals surface area contributed by atoms with Gasteiger partial charge in [-0.2, -0.15) is 0 Å². The average molecular weight is 384 g/mol. The lowest BCUT2D eigenvalue weighted by molar-refractivity contribution is 0.159. The van der Waals surface area contributed by atoms with Gasteiger partial charge in [-0.3, -0.25) is 0 Å². The summed E-state index contributed by atoms with van der Waals surface area (Å²) >= 11 is 0. The van der Waals surface area contributed by atoms with Crippen LogP contribution in [0.4, 0.5) is 4.79 Å². The predicted molar refractivity (Wildman–Crippen MR) is 112 cm³/mol. The van der Waals surface area contributed by atoms with Gasteiger partial charge in [-0.05, 0) is 50.8 Å². The molecule has 3 rings (SSSR count). The second-order valence-corrected chi connectivity index (χ2v) is 7.77. The minimum Gasteiger partial charge on any atom is -0.338 e. The van der Waals surface area contributed by atoms with E-state index in [4.69, 9.17) is 0 Å². The lowest BCUT2D eigenvalue weighted by Crippen LogP contribution is -2.40. The Morgan fingerprint density at radius 1 is 1.25 bits per heavy atom. The third-order valence-electron chi connectivity index (χ3n) is 5.57. The molecule has 2 aromatic rings. The zero-order valence-corrected chi connectivity index (χ0v) is 17.2. The summed E-state index contributed by atoms with van der Waals surface area (Å²) in [6, 6.07) is 8.91. The van der Waals surface area contributed by atoms with Gasteiger partial charge in [0.25, 0.3) is 0 Å². The van der Waals surface area contributed by atoms with E-state index in [-0.39, 0.29) is 6.03 Å². The highest BCUT2D eigenvalue weighted by atomic mass is 16.2. The number of likely N-dealkylation sites (tertiary alicyclic amines) is 1. The molecule has 0 aliphatic carbocycles. The Kier molecular flexibility index (Phi) is 7.48. The van der Waals surface area contributed by atoms with Gasteiger partial charge in [0.2, 0.25) is 0 Å². The molecule has 2 heterocycles. The minimum atomic E-state index is -0.0949. The first kappa shape index (κ1) is 20.4. The number of nitrogens with one attached hydrogen (secondary N) is 2. The molecule has 6 heteroatoms. The molecule has 0 saturated carbocycles. The number of amides is 2. The Labute approximate surface area is 168 Å². The van der Waals surface area contributed by atoms with Crippen molar-refractivity contribution >= 4 is 6.03 Å². The Hall–Kier alpha value is -2.34. The molecule has 152 valence electrons. The Morgan fingerprint density at radius 2 is 2.11 bits per heavy atom. The summed E-state index contributed by atoms with van der Waals surface area (Å²) in [6.45, 7) is 8.62. The molecule has 1 aliphatic heterocycles. The van der Waals surface area contributed by atoms with Gasteiger partial charge in [0.1, 0.15) is 5.82 Å². The third-order valence-corrected chi connectivity index (χ3v) is 5.57. The molecule has 28 heavy (non-hydrogen) atoms. The minimum absolute atomic E-state index is 0.0949. The molecule has 6 nitrogen and oxygen atoms in total. The Balaban J connectivity index is 1.36. The Morgan fingerprint density at radius 3 is 2.89 bits per heavy atom. The number of nitrogens with zero attached hydrogens (tertiary/aromatic N) is 3. The zero-order valence-electron chi connectivity index (χ0n) is 17.2. The van der Waals surface area contributed by atoms with Crippen LogP contribution in [-0.4, -0.2) is 46.2 Å². The summed E-state index contributed by atoms with van der Waals surface area (Å²) in [6.07, 6.45) is 8.75. The number of urea groups is 1. The standard InChI is InChI=1S/C22H33N5O/c1-18-7-3-4-12-26(18)13-6-10-24-22(28)25-16-20-8-5-9-21(15-20)17-27-14-11-23-19(27)2/h5,8-9,11,14-15,18H,3-4,6-7,10,12-13,16-17H2,1-2H3,(H2,24,25,28). The molecule has 0 radical (unpaired) electrons. The van der Waals surface area contributed by atoms with Gasteiger partial charge < -0.3 is 20.1 Å². The van der Waals surface area contributed by atoms with E-state index in [0.29, 0.717) is 12.6 Å². The molecule has 2 N–H and O–H groups in total. The van der Waals surface area contributed by atoms with E-state index < -0.39 is 0 Å². The van der Waals surface area contributed by atoms with E-state index in [0.717, 1.165) is 37.4 Å². The van der Waals surface area contributed by atoms with Crippen molar-refractivity contribution in [2.45, 2.75) is 58.7 Å². The summed E-state index contributed by atoms with van der Waals surface area (Å²) in [4.78, 5) is 18.9. The number of piperidine rings is 1. The Bertz CT molecular complexity index is 757. The summed E-state index contributed by atoms with van der Waals surface area (Å²) in [5.41, 5.74) is 2.31. The molecule has 1 unspecified atom stereocenters. The van der Waals surface area contributed by atoms with Crippen LogP contribution < -0.4 is 10.6 Å². The van der Waals surface area contributed by atoms with E-state index in [1.54, 1.807) is 0 Å². The van der Waals surface area contributed by atoms with Crippen molar-refractivity contribution in [3.8, 4) is 0 Å². The van der Waals surface area contributed by atoms with Crippen molar-refractivity contribution in [1.82, 2.24) is 25.1 Å². The van der Waals surface area contributed by atoms with Crippen molar-refractivity contribution in [2.24, 2.45) is 0 Å². The SMILES string of the molecule is Cc1nccn1Cc1cccc(CNC(=O)NCCCN2CCCCC2C)c1. The number of rotatable bonds is 8. The van der Waals surface area contributed by atoms with Crippen LogP contribution in [0.3, 0.4) is 0 Å². The lowest BCUT2D eigenvalue weighted by atomic mass is 10.0. The maximum absolute atomic E-state index is 12.1. The number of hydrogen-bond acceptors (Lipinski definition) is 3. The molecular formula is C22H33N5O. The van der Waals surface area contributed by atoms with Gasteiger partial charge >= 0.3 is 6.03 Å². The molecule has 1 aromatic carbocycles. The van der Waals surface area contributed by atoms with E-state index in [1.165, 1.54) is 31.4 Å². The van der Waals surface area contributed by atoms with Gasteiger partial charge in [0.05, 0.1) is 0 Å². The summed E-state index contributed by atoms with van der Waals surface area (Å²) in [5, 5.41) is 5.94. The molecule has 0 bridgehead atoms. The van der Waals surface area contributed by atoms with Crippen molar-refractivity contribution < 1.29 is 4.79 Å². The summed E-state index contributed by atoms with van der Waals surface area (Å²) in [7, 11) is 0.